The zero-order chi connectivity index (χ0) is 24.2. The molecule has 0 bridgehead atoms. The maximum absolute atomic E-state index is 13.2. The molecule has 0 fully saturated rings. The highest BCUT2D eigenvalue weighted by Crippen LogP contribution is 2.45. The van der Waals surface area contributed by atoms with Gasteiger partial charge in [-0.05, 0) is 17.7 Å². The Morgan fingerprint density at radius 2 is 1.74 bits per heavy atom. The summed E-state index contributed by atoms with van der Waals surface area (Å²) in [4.78, 5) is 31.8. The maximum atomic E-state index is 13.2. The number of oxazole rings is 1. The van der Waals surface area contributed by atoms with Crippen LogP contribution < -0.4 is 10.6 Å². The van der Waals surface area contributed by atoms with E-state index in [1.54, 1.807) is 54.6 Å². The summed E-state index contributed by atoms with van der Waals surface area (Å²) in [5.41, 5.74) is 7.80. The average Bonchev–Trinajstić information content (AvgIpc) is 3.42. The molecule has 1 aliphatic heterocycles. The Hall–Kier alpha value is -4.84. The number of rotatable bonds is 5. The third-order valence-electron chi connectivity index (χ3n) is 5.42. The van der Waals surface area contributed by atoms with Crippen LogP contribution in [-0.2, 0) is 19.1 Å². The van der Waals surface area contributed by atoms with Crippen molar-refractivity contribution >= 4 is 17.6 Å². The number of hydrogen-bond acceptors (Lipinski definition) is 9. The van der Waals surface area contributed by atoms with Gasteiger partial charge < -0.3 is 19.6 Å². The lowest BCUT2D eigenvalue weighted by Gasteiger charge is -2.36. The number of esters is 2. The molecule has 1 unspecified atom stereocenters. The van der Waals surface area contributed by atoms with Gasteiger partial charge in [0.2, 0.25) is 5.89 Å². The number of benzene rings is 2. The Labute approximate surface area is 195 Å². The second-order valence-electron chi connectivity index (χ2n) is 7.19. The predicted octanol–water partition coefficient (Wildman–Crippen LogP) is 3.24. The summed E-state index contributed by atoms with van der Waals surface area (Å²) in [5, 5.41) is 10.1. The van der Waals surface area contributed by atoms with Crippen molar-refractivity contribution in [3.05, 3.63) is 95.3 Å². The number of anilines is 1. The van der Waals surface area contributed by atoms with E-state index in [9.17, 15) is 14.9 Å². The Balaban J connectivity index is 2.09. The van der Waals surface area contributed by atoms with Gasteiger partial charge >= 0.3 is 11.9 Å². The van der Waals surface area contributed by atoms with Crippen LogP contribution in [0.15, 0.2) is 94.1 Å². The number of para-hydroxylation sites is 1. The Morgan fingerprint density at radius 1 is 1.06 bits per heavy atom. The van der Waals surface area contributed by atoms with E-state index >= 15 is 0 Å². The lowest BCUT2D eigenvalue weighted by molar-refractivity contribution is -0.139. The number of ether oxygens (including phenoxy) is 2. The fourth-order valence-corrected chi connectivity index (χ4v) is 3.97. The van der Waals surface area contributed by atoms with E-state index in [-0.39, 0.29) is 28.6 Å². The third-order valence-corrected chi connectivity index (χ3v) is 5.42. The van der Waals surface area contributed by atoms with Crippen molar-refractivity contribution in [1.29, 1.82) is 5.26 Å². The predicted molar refractivity (Wildman–Crippen MR) is 121 cm³/mol. The molecule has 0 amide bonds. The quantitative estimate of drug-likeness (QED) is 0.575. The molecule has 4 rings (SSSR count). The fraction of sp³-hybridized carbons (Fsp3) is 0.120. The van der Waals surface area contributed by atoms with Gasteiger partial charge in [-0.15, -0.1) is 0 Å². The molecule has 2 aromatic carbocycles. The molecule has 1 atom stereocenters. The van der Waals surface area contributed by atoms with Gasteiger partial charge in [0.05, 0.1) is 54.8 Å². The highest BCUT2D eigenvalue weighted by molar-refractivity contribution is 6.07. The summed E-state index contributed by atoms with van der Waals surface area (Å²) in [6, 6.07) is 17.8. The molecule has 0 spiro atoms. The van der Waals surface area contributed by atoms with Crippen LogP contribution in [0.3, 0.4) is 0 Å². The molecule has 2 heterocycles. The minimum Gasteiger partial charge on any atom is -0.466 e. The summed E-state index contributed by atoms with van der Waals surface area (Å²) < 4.78 is 15.6. The summed E-state index contributed by atoms with van der Waals surface area (Å²) in [6.45, 7) is 0. The van der Waals surface area contributed by atoms with Crippen molar-refractivity contribution in [1.82, 2.24) is 4.98 Å². The molecule has 9 heteroatoms. The first-order valence-corrected chi connectivity index (χ1v) is 10.2. The minimum absolute atomic E-state index is 0.0385. The monoisotopic (exact) mass is 456 g/mol. The second-order valence-corrected chi connectivity index (χ2v) is 7.19. The number of carbonyl (C=O) groups is 2. The lowest BCUT2D eigenvalue weighted by atomic mass is 9.80. The molecule has 1 aromatic heterocycles. The van der Waals surface area contributed by atoms with Crippen LogP contribution in [-0.4, -0.2) is 31.1 Å². The summed E-state index contributed by atoms with van der Waals surface area (Å²) in [5.74, 6) is -2.35. The molecular formula is C25H20N4O5. The highest BCUT2D eigenvalue weighted by atomic mass is 16.5. The van der Waals surface area contributed by atoms with Gasteiger partial charge in [-0.3, -0.25) is 4.90 Å². The lowest BCUT2D eigenvalue weighted by Crippen LogP contribution is -2.41. The third kappa shape index (κ3) is 3.67. The molecule has 0 saturated carbocycles. The molecule has 9 nitrogen and oxygen atoms in total. The van der Waals surface area contributed by atoms with Crippen LogP contribution >= 0.6 is 0 Å². The number of nitrogens with two attached hydrogens (primary N) is 1. The van der Waals surface area contributed by atoms with Crippen molar-refractivity contribution < 1.29 is 23.5 Å². The summed E-state index contributed by atoms with van der Waals surface area (Å²) in [7, 11) is 2.39. The van der Waals surface area contributed by atoms with Crippen LogP contribution in [0, 0.1) is 11.3 Å². The van der Waals surface area contributed by atoms with Crippen molar-refractivity contribution in [2.75, 3.05) is 19.1 Å². The van der Waals surface area contributed by atoms with Crippen LogP contribution in [0.25, 0.3) is 11.5 Å². The molecule has 0 radical (unpaired) electrons. The molecule has 3 aromatic rings. The van der Waals surface area contributed by atoms with Gasteiger partial charge in [-0.1, -0.05) is 42.5 Å². The van der Waals surface area contributed by atoms with E-state index in [0.717, 1.165) is 0 Å². The van der Waals surface area contributed by atoms with Crippen molar-refractivity contribution in [2.24, 2.45) is 5.73 Å². The van der Waals surface area contributed by atoms with Gasteiger partial charge in [0.15, 0.2) is 0 Å². The average molecular weight is 456 g/mol. The molecule has 1 aliphatic rings. The number of nitriles is 1. The first-order valence-electron chi connectivity index (χ1n) is 10.2. The Bertz CT molecular complexity index is 1340. The SMILES string of the molecule is COC(=O)C1=C(C(=O)OC)N(c2ccccc2-c2ncco2)C(N)=C(C#N)C1c1ccccc1. The van der Waals surface area contributed by atoms with Gasteiger partial charge in [0.1, 0.15) is 17.8 Å². The van der Waals surface area contributed by atoms with E-state index in [1.807, 2.05) is 0 Å². The summed E-state index contributed by atoms with van der Waals surface area (Å²) >= 11 is 0. The molecule has 170 valence electrons. The van der Waals surface area contributed by atoms with E-state index in [2.05, 4.69) is 11.1 Å². The first kappa shape index (κ1) is 22.4. The normalized spacial score (nSPS) is 15.7. The molecule has 34 heavy (non-hydrogen) atoms. The van der Waals surface area contributed by atoms with Crippen molar-refractivity contribution in [2.45, 2.75) is 5.92 Å². The minimum atomic E-state index is -0.946. The number of nitrogens with zero attached hydrogens (tertiary/aromatic N) is 3. The topological polar surface area (TPSA) is 132 Å². The Kier molecular flexibility index (Phi) is 6.14. The zero-order valence-corrected chi connectivity index (χ0v) is 18.4. The fourth-order valence-electron chi connectivity index (χ4n) is 3.97. The smallest absolute Gasteiger partial charge is 0.355 e. The van der Waals surface area contributed by atoms with E-state index in [0.29, 0.717) is 16.8 Å². The van der Waals surface area contributed by atoms with Crippen molar-refractivity contribution in [3.8, 4) is 17.5 Å². The molecule has 0 saturated heterocycles. The standard InChI is InChI=1S/C25H20N4O5/c1-32-24(30)20-19(15-8-4-3-5-9-15)17(14-26)22(27)29(21(20)25(31)33-2)18-11-7-6-10-16(18)23-28-12-13-34-23/h3-13,19H,27H2,1-2H3. The maximum Gasteiger partial charge on any atom is 0.355 e. The van der Waals surface area contributed by atoms with Crippen LogP contribution in [0.4, 0.5) is 5.69 Å². The van der Waals surface area contributed by atoms with Crippen LogP contribution in [0.1, 0.15) is 11.5 Å². The second kappa shape index (κ2) is 9.34. The van der Waals surface area contributed by atoms with Gasteiger partial charge in [0, 0.05) is 0 Å². The molecule has 0 aliphatic carbocycles. The molecule has 2 N–H and O–H groups in total. The number of aromatic nitrogens is 1. The van der Waals surface area contributed by atoms with E-state index < -0.39 is 17.9 Å². The van der Waals surface area contributed by atoms with Gasteiger partial charge in [0.25, 0.3) is 0 Å². The Morgan fingerprint density at radius 3 is 2.35 bits per heavy atom. The van der Waals surface area contributed by atoms with E-state index in [1.165, 1.54) is 31.6 Å². The summed E-state index contributed by atoms with van der Waals surface area (Å²) in [6.07, 6.45) is 2.88. The zero-order valence-electron chi connectivity index (χ0n) is 18.4. The number of hydrogen-bond donors (Lipinski definition) is 1. The largest absolute Gasteiger partial charge is 0.466 e. The highest BCUT2D eigenvalue weighted by Gasteiger charge is 2.43. The van der Waals surface area contributed by atoms with Crippen molar-refractivity contribution in [3.63, 3.8) is 0 Å². The number of carbonyl (C=O) groups excluding carboxylic acids is 2. The van der Waals surface area contributed by atoms with Gasteiger partial charge in [-0.2, -0.15) is 5.26 Å². The van der Waals surface area contributed by atoms with E-state index in [4.69, 9.17) is 19.6 Å². The van der Waals surface area contributed by atoms with Crippen LogP contribution in [0.2, 0.25) is 0 Å². The molecular weight excluding hydrogens is 436 g/mol. The number of allylic oxidation sites excluding steroid dienone is 1. The van der Waals surface area contributed by atoms with Gasteiger partial charge in [-0.25, -0.2) is 14.6 Å². The first-order chi connectivity index (χ1) is 16.5. The number of methoxy groups -OCH3 is 2. The van der Waals surface area contributed by atoms with Crippen LogP contribution in [0.5, 0.6) is 0 Å².